The first-order valence-corrected chi connectivity index (χ1v) is 10.3. The van der Waals surface area contributed by atoms with Crippen LogP contribution in [0.1, 0.15) is 42.6 Å². The number of aryl methyl sites for hydroxylation is 1. The Labute approximate surface area is 176 Å². The van der Waals surface area contributed by atoms with E-state index in [-0.39, 0.29) is 18.5 Å². The molecule has 1 aliphatic carbocycles. The van der Waals surface area contributed by atoms with Crippen molar-refractivity contribution in [3.63, 3.8) is 0 Å². The minimum absolute atomic E-state index is 0.100. The second-order valence-electron chi connectivity index (χ2n) is 7.75. The van der Waals surface area contributed by atoms with Crippen LogP contribution in [0.5, 0.6) is 0 Å². The highest BCUT2D eigenvalue weighted by molar-refractivity contribution is 5.95. The number of nitrogens with zero attached hydrogens (tertiary/aromatic N) is 1. The molecule has 0 saturated heterocycles. The molecule has 3 rings (SSSR count). The Bertz CT molecular complexity index is 861. The number of urea groups is 1. The van der Waals surface area contributed by atoms with Crippen LogP contribution >= 0.6 is 0 Å². The number of benzene rings is 2. The van der Waals surface area contributed by atoms with Gasteiger partial charge in [0.1, 0.15) is 0 Å². The van der Waals surface area contributed by atoms with E-state index in [1.807, 2.05) is 12.1 Å². The van der Waals surface area contributed by atoms with Gasteiger partial charge < -0.3 is 15.7 Å². The average Bonchev–Trinajstić information content (AvgIpc) is 3.57. The summed E-state index contributed by atoms with van der Waals surface area (Å²) in [7, 11) is 0. The Morgan fingerprint density at radius 3 is 2.13 bits per heavy atom. The zero-order valence-electron chi connectivity index (χ0n) is 17.3. The summed E-state index contributed by atoms with van der Waals surface area (Å²) in [5.41, 5.74) is 3.77. The molecule has 0 heterocycles. The van der Waals surface area contributed by atoms with E-state index >= 15 is 0 Å². The fourth-order valence-corrected chi connectivity index (χ4v) is 3.06. The molecule has 1 fully saturated rings. The molecule has 0 aliphatic heterocycles. The molecule has 2 aromatic rings. The molecular weight excluding hydrogens is 382 g/mol. The van der Waals surface area contributed by atoms with Crippen molar-refractivity contribution in [2.24, 2.45) is 0 Å². The molecule has 7 heteroatoms. The van der Waals surface area contributed by atoms with E-state index in [0.29, 0.717) is 10.6 Å². The minimum Gasteiger partial charge on any atom is -0.391 e. The third-order valence-electron chi connectivity index (χ3n) is 5.25. The molecule has 3 amide bonds. The van der Waals surface area contributed by atoms with Crippen molar-refractivity contribution in [1.82, 2.24) is 15.7 Å². The summed E-state index contributed by atoms with van der Waals surface area (Å²) in [4.78, 5) is 24.5. The SMILES string of the molecule is CCc1ccc(-c2ccc(C(=O)N[C@H](CN(O)C(=O)NC3CC3)[C@@H](C)O)cc2)cc1. The zero-order chi connectivity index (χ0) is 21.7. The smallest absolute Gasteiger partial charge is 0.341 e. The van der Waals surface area contributed by atoms with Crippen LogP contribution in [0.25, 0.3) is 11.1 Å². The number of hydrogen-bond acceptors (Lipinski definition) is 4. The van der Waals surface area contributed by atoms with Gasteiger partial charge in [-0.25, -0.2) is 9.86 Å². The topological polar surface area (TPSA) is 102 Å². The zero-order valence-corrected chi connectivity index (χ0v) is 17.3. The van der Waals surface area contributed by atoms with E-state index < -0.39 is 18.2 Å². The maximum Gasteiger partial charge on any atom is 0.341 e. The summed E-state index contributed by atoms with van der Waals surface area (Å²) >= 11 is 0. The van der Waals surface area contributed by atoms with Gasteiger partial charge in [-0.15, -0.1) is 0 Å². The highest BCUT2D eigenvalue weighted by atomic mass is 16.5. The van der Waals surface area contributed by atoms with Crippen LogP contribution in [0.2, 0.25) is 0 Å². The van der Waals surface area contributed by atoms with Crippen LogP contribution in [0, 0.1) is 0 Å². The lowest BCUT2D eigenvalue weighted by molar-refractivity contribution is -0.0580. The lowest BCUT2D eigenvalue weighted by atomic mass is 10.0. The van der Waals surface area contributed by atoms with Crippen molar-refractivity contribution in [2.75, 3.05) is 6.54 Å². The van der Waals surface area contributed by atoms with Gasteiger partial charge in [-0.1, -0.05) is 43.3 Å². The lowest BCUT2D eigenvalue weighted by Crippen LogP contribution is -2.52. The van der Waals surface area contributed by atoms with Gasteiger partial charge in [0, 0.05) is 11.6 Å². The summed E-state index contributed by atoms with van der Waals surface area (Å²) in [5.74, 6) is -0.384. The van der Waals surface area contributed by atoms with Crippen molar-refractivity contribution >= 4 is 11.9 Å². The number of aliphatic hydroxyl groups is 1. The summed E-state index contributed by atoms with van der Waals surface area (Å²) in [6.45, 7) is 3.39. The average molecular weight is 412 g/mol. The van der Waals surface area contributed by atoms with E-state index in [1.54, 1.807) is 12.1 Å². The standard InChI is InChI=1S/C23H29N3O4/c1-3-16-4-6-17(7-5-16)18-8-10-19(11-9-18)22(28)25-21(15(2)27)14-26(30)23(29)24-20-12-13-20/h4-11,15,20-21,27,30H,3,12-14H2,1-2H3,(H,24,29)(H,25,28)/t15-,21-/m1/s1. The molecule has 1 saturated carbocycles. The highest BCUT2D eigenvalue weighted by Crippen LogP contribution is 2.21. The van der Waals surface area contributed by atoms with Crippen LogP contribution in [0.15, 0.2) is 48.5 Å². The number of hydroxylamine groups is 2. The molecule has 2 aromatic carbocycles. The molecule has 0 radical (unpaired) electrons. The number of carbonyl (C=O) groups is 2. The maximum atomic E-state index is 12.6. The number of carbonyl (C=O) groups excluding carboxylic acids is 2. The van der Waals surface area contributed by atoms with E-state index in [0.717, 1.165) is 30.4 Å². The molecule has 0 unspecified atom stereocenters. The third-order valence-corrected chi connectivity index (χ3v) is 5.25. The van der Waals surface area contributed by atoms with Gasteiger partial charge in [-0.2, -0.15) is 0 Å². The molecule has 7 nitrogen and oxygen atoms in total. The largest absolute Gasteiger partial charge is 0.391 e. The second-order valence-corrected chi connectivity index (χ2v) is 7.75. The van der Waals surface area contributed by atoms with Crippen LogP contribution < -0.4 is 10.6 Å². The molecule has 0 bridgehead atoms. The van der Waals surface area contributed by atoms with Gasteiger partial charge in [0.15, 0.2) is 0 Å². The van der Waals surface area contributed by atoms with Gasteiger partial charge in [-0.3, -0.25) is 10.0 Å². The van der Waals surface area contributed by atoms with Crippen LogP contribution in [-0.4, -0.2) is 52.0 Å². The normalized spacial score (nSPS) is 15.2. The predicted molar refractivity (Wildman–Crippen MR) is 114 cm³/mol. The number of rotatable bonds is 8. The van der Waals surface area contributed by atoms with E-state index in [9.17, 15) is 19.9 Å². The summed E-state index contributed by atoms with van der Waals surface area (Å²) in [6, 6.07) is 14.1. The number of hydrogen-bond donors (Lipinski definition) is 4. The fraction of sp³-hybridized carbons (Fsp3) is 0.391. The minimum atomic E-state index is -0.950. The fourth-order valence-electron chi connectivity index (χ4n) is 3.06. The molecular formula is C23H29N3O4. The van der Waals surface area contributed by atoms with E-state index in [2.05, 4.69) is 41.8 Å². The van der Waals surface area contributed by atoms with Gasteiger partial charge in [-0.05, 0) is 55.0 Å². The first-order chi connectivity index (χ1) is 14.4. The van der Waals surface area contributed by atoms with Crippen molar-refractivity contribution < 1.29 is 19.9 Å². The van der Waals surface area contributed by atoms with Crippen LogP contribution in [0.4, 0.5) is 4.79 Å². The Morgan fingerprint density at radius 2 is 1.63 bits per heavy atom. The first-order valence-electron chi connectivity index (χ1n) is 10.3. The van der Waals surface area contributed by atoms with Crippen molar-refractivity contribution in [2.45, 2.75) is 51.3 Å². The lowest BCUT2D eigenvalue weighted by Gasteiger charge is -2.25. The van der Waals surface area contributed by atoms with Gasteiger partial charge in [0.05, 0.1) is 18.7 Å². The molecule has 1 aliphatic rings. The van der Waals surface area contributed by atoms with Gasteiger partial charge in [0.25, 0.3) is 5.91 Å². The summed E-state index contributed by atoms with van der Waals surface area (Å²) in [6.07, 6.45) is 1.83. The third kappa shape index (κ3) is 5.81. The highest BCUT2D eigenvalue weighted by Gasteiger charge is 2.28. The first kappa shape index (κ1) is 21.8. The van der Waals surface area contributed by atoms with Gasteiger partial charge >= 0.3 is 6.03 Å². The summed E-state index contributed by atoms with van der Waals surface area (Å²) in [5, 5.41) is 25.8. The number of aliphatic hydroxyl groups excluding tert-OH is 1. The van der Waals surface area contributed by atoms with Crippen LogP contribution in [0.3, 0.4) is 0 Å². The Kier molecular flexibility index (Phi) is 7.07. The number of nitrogens with one attached hydrogen (secondary N) is 2. The van der Waals surface area contributed by atoms with Gasteiger partial charge in [0.2, 0.25) is 0 Å². The van der Waals surface area contributed by atoms with Crippen molar-refractivity contribution in [1.29, 1.82) is 0 Å². The molecule has 2 atom stereocenters. The van der Waals surface area contributed by atoms with E-state index in [1.165, 1.54) is 12.5 Å². The quantitative estimate of drug-likeness (QED) is 0.396. The molecule has 30 heavy (non-hydrogen) atoms. The Balaban J connectivity index is 1.61. The number of amides is 3. The maximum absolute atomic E-state index is 12.6. The van der Waals surface area contributed by atoms with E-state index in [4.69, 9.17) is 0 Å². The molecule has 4 N–H and O–H groups in total. The van der Waals surface area contributed by atoms with Crippen LogP contribution in [-0.2, 0) is 6.42 Å². The monoisotopic (exact) mass is 411 g/mol. The molecule has 160 valence electrons. The van der Waals surface area contributed by atoms with Crippen molar-refractivity contribution in [3.8, 4) is 11.1 Å². The molecule has 0 aromatic heterocycles. The predicted octanol–water partition coefficient (Wildman–Crippen LogP) is 2.96. The van der Waals surface area contributed by atoms with Crippen molar-refractivity contribution in [3.05, 3.63) is 59.7 Å². The summed E-state index contributed by atoms with van der Waals surface area (Å²) < 4.78 is 0. The second kappa shape index (κ2) is 9.73. The Morgan fingerprint density at radius 1 is 1.07 bits per heavy atom. The Hall–Kier alpha value is -2.90. The molecule has 0 spiro atoms.